The Morgan fingerprint density at radius 1 is 1.27 bits per heavy atom. The third-order valence-electron chi connectivity index (χ3n) is 3.98. The van der Waals surface area contributed by atoms with Crippen molar-refractivity contribution in [2.75, 3.05) is 11.4 Å². The van der Waals surface area contributed by atoms with Crippen molar-refractivity contribution in [3.63, 3.8) is 0 Å². The van der Waals surface area contributed by atoms with Gasteiger partial charge in [0.15, 0.2) is 11.7 Å². The van der Waals surface area contributed by atoms with Gasteiger partial charge in [0.2, 0.25) is 0 Å². The monoisotopic (exact) mass is 354 g/mol. The van der Waals surface area contributed by atoms with Gasteiger partial charge in [0.25, 0.3) is 6.01 Å². The predicted molar refractivity (Wildman–Crippen MR) is 99.5 cm³/mol. The largest absolute Gasteiger partial charge is 0.479 e. The van der Waals surface area contributed by atoms with E-state index in [2.05, 4.69) is 16.8 Å². The molecule has 1 heterocycles. The third kappa shape index (κ3) is 4.14. The van der Waals surface area contributed by atoms with Crippen LogP contribution in [0.2, 0.25) is 0 Å². The number of nitrogens with zero attached hydrogens (tertiary/aromatic N) is 2. The van der Waals surface area contributed by atoms with E-state index in [1.54, 1.807) is 6.07 Å². The molecule has 1 unspecified atom stereocenters. The molecule has 0 aliphatic rings. The van der Waals surface area contributed by atoms with Gasteiger partial charge in [0, 0.05) is 13.1 Å². The molecule has 3 aromatic rings. The number of anilines is 1. The number of para-hydroxylation sites is 2. The summed E-state index contributed by atoms with van der Waals surface area (Å²) in [5.74, 6) is -0.457. The molecule has 6 heteroatoms. The molecule has 0 amide bonds. The van der Waals surface area contributed by atoms with E-state index in [1.807, 2.05) is 42.5 Å². The highest BCUT2D eigenvalue weighted by molar-refractivity contribution is 5.74. The number of oxazole rings is 1. The van der Waals surface area contributed by atoms with Gasteiger partial charge in [-0.05, 0) is 43.2 Å². The predicted octanol–water partition coefficient (Wildman–Crippen LogP) is 4.10. The lowest BCUT2D eigenvalue weighted by atomic mass is 10.2. The molecule has 0 radical (unpaired) electrons. The van der Waals surface area contributed by atoms with Crippen LogP contribution in [-0.4, -0.2) is 28.7 Å². The Bertz CT molecular complexity index is 857. The van der Waals surface area contributed by atoms with E-state index < -0.39 is 12.1 Å². The normalized spacial score (nSPS) is 12.1. The molecular weight excluding hydrogens is 332 g/mol. The zero-order valence-corrected chi connectivity index (χ0v) is 14.9. The maximum atomic E-state index is 11.0. The number of aromatic nitrogens is 1. The lowest BCUT2D eigenvalue weighted by Crippen LogP contribution is -2.24. The lowest BCUT2D eigenvalue weighted by molar-refractivity contribution is -0.144. The Kier molecular flexibility index (Phi) is 5.41. The van der Waals surface area contributed by atoms with Crippen molar-refractivity contribution in [3.8, 4) is 5.75 Å². The van der Waals surface area contributed by atoms with Crippen molar-refractivity contribution in [1.82, 2.24) is 4.98 Å². The van der Waals surface area contributed by atoms with Crippen LogP contribution < -0.4 is 9.64 Å². The molecule has 0 aliphatic heterocycles. The first-order valence-corrected chi connectivity index (χ1v) is 8.65. The summed E-state index contributed by atoms with van der Waals surface area (Å²) in [6.45, 7) is 5.00. The quantitative estimate of drug-likeness (QED) is 0.656. The smallest absolute Gasteiger partial charge is 0.344 e. The van der Waals surface area contributed by atoms with Crippen LogP contribution in [0.1, 0.15) is 25.8 Å². The standard InChI is InChI=1S/C20H22N2O4/c1-3-11-22(20-21-17-9-4-5-10-18(17)26-20)13-15-7-6-8-16(12-15)25-14(2)19(23)24/h4-10,12,14H,3,11,13H2,1-2H3,(H,23,24). The molecule has 0 saturated heterocycles. The molecule has 26 heavy (non-hydrogen) atoms. The van der Waals surface area contributed by atoms with Crippen LogP contribution in [0.15, 0.2) is 52.9 Å². The van der Waals surface area contributed by atoms with E-state index in [9.17, 15) is 4.79 Å². The van der Waals surface area contributed by atoms with Gasteiger partial charge in [0.1, 0.15) is 11.3 Å². The van der Waals surface area contributed by atoms with Gasteiger partial charge in [0.05, 0.1) is 0 Å². The van der Waals surface area contributed by atoms with E-state index in [0.717, 1.165) is 29.6 Å². The zero-order valence-electron chi connectivity index (χ0n) is 14.9. The summed E-state index contributed by atoms with van der Waals surface area (Å²) in [6, 6.07) is 15.7. The van der Waals surface area contributed by atoms with Crippen molar-refractivity contribution in [3.05, 3.63) is 54.1 Å². The maximum absolute atomic E-state index is 11.0. The molecule has 0 spiro atoms. The third-order valence-corrected chi connectivity index (χ3v) is 3.98. The number of hydrogen-bond donors (Lipinski definition) is 1. The van der Waals surface area contributed by atoms with Crippen molar-refractivity contribution >= 4 is 23.1 Å². The van der Waals surface area contributed by atoms with Crippen molar-refractivity contribution in [2.45, 2.75) is 32.9 Å². The summed E-state index contributed by atoms with van der Waals surface area (Å²) in [5, 5.41) is 8.99. The summed E-state index contributed by atoms with van der Waals surface area (Å²) in [5.41, 5.74) is 2.59. The number of rotatable bonds is 8. The highest BCUT2D eigenvalue weighted by atomic mass is 16.5. The van der Waals surface area contributed by atoms with Gasteiger partial charge >= 0.3 is 5.97 Å². The minimum Gasteiger partial charge on any atom is -0.479 e. The summed E-state index contributed by atoms with van der Waals surface area (Å²) in [6.07, 6.45) is 0.0550. The summed E-state index contributed by atoms with van der Waals surface area (Å²) in [7, 11) is 0. The highest BCUT2D eigenvalue weighted by Gasteiger charge is 2.16. The van der Waals surface area contributed by atoms with Crippen molar-refractivity contribution in [1.29, 1.82) is 0 Å². The average Bonchev–Trinajstić information content (AvgIpc) is 3.05. The van der Waals surface area contributed by atoms with Gasteiger partial charge < -0.3 is 19.2 Å². The first kappa shape index (κ1) is 17.8. The second-order valence-electron chi connectivity index (χ2n) is 6.13. The molecule has 0 saturated carbocycles. The second kappa shape index (κ2) is 7.91. The number of carboxylic acid groups (broad SMARTS) is 1. The fourth-order valence-electron chi connectivity index (χ4n) is 2.70. The Morgan fingerprint density at radius 2 is 2.08 bits per heavy atom. The summed E-state index contributed by atoms with van der Waals surface area (Å²) >= 11 is 0. The van der Waals surface area contributed by atoms with Gasteiger partial charge in [-0.15, -0.1) is 0 Å². The number of carbonyl (C=O) groups is 1. The molecule has 1 atom stereocenters. The second-order valence-corrected chi connectivity index (χ2v) is 6.13. The summed E-state index contributed by atoms with van der Waals surface area (Å²) in [4.78, 5) is 17.6. The summed E-state index contributed by atoms with van der Waals surface area (Å²) < 4.78 is 11.3. The number of hydrogen-bond acceptors (Lipinski definition) is 5. The number of fused-ring (bicyclic) bond motifs is 1. The van der Waals surface area contributed by atoms with E-state index in [-0.39, 0.29) is 0 Å². The van der Waals surface area contributed by atoms with E-state index in [0.29, 0.717) is 18.3 Å². The van der Waals surface area contributed by atoms with Gasteiger partial charge in [-0.1, -0.05) is 31.2 Å². The number of benzene rings is 2. The SMILES string of the molecule is CCCN(Cc1cccc(OC(C)C(=O)O)c1)c1nc2ccccc2o1. The lowest BCUT2D eigenvalue weighted by Gasteiger charge is -2.20. The highest BCUT2D eigenvalue weighted by Crippen LogP contribution is 2.24. The average molecular weight is 354 g/mol. The van der Waals surface area contributed by atoms with Crippen molar-refractivity contribution in [2.24, 2.45) is 0 Å². The van der Waals surface area contributed by atoms with Gasteiger partial charge in [-0.2, -0.15) is 4.98 Å². The van der Waals surface area contributed by atoms with Crippen LogP contribution >= 0.6 is 0 Å². The van der Waals surface area contributed by atoms with E-state index in [4.69, 9.17) is 14.3 Å². The molecule has 0 fully saturated rings. The Balaban J connectivity index is 1.80. The van der Waals surface area contributed by atoms with Crippen LogP contribution in [0.25, 0.3) is 11.1 Å². The molecule has 6 nitrogen and oxygen atoms in total. The minimum absolute atomic E-state index is 0.534. The fourth-order valence-corrected chi connectivity index (χ4v) is 2.70. The minimum atomic E-state index is -0.991. The van der Waals surface area contributed by atoms with E-state index >= 15 is 0 Å². The van der Waals surface area contributed by atoms with Crippen LogP contribution in [0.5, 0.6) is 5.75 Å². The number of carboxylic acids is 1. The van der Waals surface area contributed by atoms with Crippen LogP contribution in [0.3, 0.4) is 0 Å². The topological polar surface area (TPSA) is 75.8 Å². The maximum Gasteiger partial charge on any atom is 0.344 e. The Labute approximate surface area is 152 Å². The Morgan fingerprint density at radius 3 is 2.81 bits per heavy atom. The van der Waals surface area contributed by atoms with E-state index in [1.165, 1.54) is 6.92 Å². The molecule has 0 bridgehead atoms. The van der Waals surface area contributed by atoms with Crippen LogP contribution in [-0.2, 0) is 11.3 Å². The molecule has 2 aromatic carbocycles. The van der Waals surface area contributed by atoms with Gasteiger partial charge in [-0.25, -0.2) is 4.79 Å². The number of ether oxygens (including phenoxy) is 1. The van der Waals surface area contributed by atoms with Crippen LogP contribution in [0.4, 0.5) is 6.01 Å². The van der Waals surface area contributed by atoms with Gasteiger partial charge in [-0.3, -0.25) is 0 Å². The number of aliphatic carboxylic acids is 1. The Hall–Kier alpha value is -3.02. The van der Waals surface area contributed by atoms with Crippen molar-refractivity contribution < 1.29 is 19.1 Å². The molecule has 1 aromatic heterocycles. The first-order chi connectivity index (χ1) is 12.6. The van der Waals surface area contributed by atoms with Crippen LogP contribution in [0, 0.1) is 0 Å². The molecular formula is C20H22N2O4. The molecule has 136 valence electrons. The molecule has 0 aliphatic carbocycles. The molecule has 1 N–H and O–H groups in total. The first-order valence-electron chi connectivity index (χ1n) is 8.65. The molecule has 3 rings (SSSR count). The zero-order chi connectivity index (χ0) is 18.5. The fraction of sp³-hybridized carbons (Fsp3) is 0.300.